The molecule has 2 heterocycles. The molecule has 0 bridgehead atoms. The van der Waals surface area contributed by atoms with Crippen LogP contribution in [0, 0.1) is 0 Å². The minimum atomic E-state index is -1.09. The second kappa shape index (κ2) is 6.95. The molecule has 2 rings (SSSR count). The molecule has 0 radical (unpaired) electrons. The number of anilines is 1. The van der Waals surface area contributed by atoms with Crippen LogP contribution < -0.4 is 29.7 Å². The van der Waals surface area contributed by atoms with Gasteiger partial charge in [0.15, 0.2) is 5.13 Å². The Bertz CT molecular complexity index is 437. The standard InChI is InChI=1S/C11H15N3O2S.Li/c12-11-13-6-9(17-11)7-14-3-1-8(2-4-14)5-10(15)16;/h5-6H,1-4,7H2,(H2,12,13)(H,15,16);/q;+1/p-1. The summed E-state index contributed by atoms with van der Waals surface area (Å²) in [6.07, 6.45) is 4.61. The van der Waals surface area contributed by atoms with E-state index < -0.39 is 5.97 Å². The van der Waals surface area contributed by atoms with Crippen LogP contribution in [0.15, 0.2) is 17.8 Å². The van der Waals surface area contributed by atoms with E-state index in [2.05, 4.69) is 9.88 Å². The Labute approximate surface area is 122 Å². The molecule has 0 spiro atoms. The molecule has 0 atom stereocenters. The Morgan fingerprint density at radius 2 is 2.22 bits per heavy atom. The molecule has 0 saturated carbocycles. The van der Waals surface area contributed by atoms with Crippen LogP contribution in [0.3, 0.4) is 0 Å². The number of carbonyl (C=O) groups is 1. The zero-order valence-electron chi connectivity index (χ0n) is 10.4. The molecule has 1 aliphatic heterocycles. The largest absolute Gasteiger partial charge is 1.00 e. The number of carbonyl (C=O) groups excluding carboxylic acids is 1. The first-order valence-corrected chi connectivity index (χ1v) is 6.28. The maximum absolute atomic E-state index is 10.4. The van der Waals surface area contributed by atoms with Gasteiger partial charge in [0.1, 0.15) is 0 Å². The smallest absolute Gasteiger partial charge is 0.545 e. The average Bonchev–Trinajstić information content (AvgIpc) is 2.66. The molecular formula is C11H14LiN3O2S. The molecule has 92 valence electrons. The zero-order valence-corrected chi connectivity index (χ0v) is 11.2. The van der Waals surface area contributed by atoms with Gasteiger partial charge in [0, 0.05) is 30.7 Å². The molecule has 18 heavy (non-hydrogen) atoms. The van der Waals surface area contributed by atoms with Gasteiger partial charge < -0.3 is 15.6 Å². The molecule has 0 aliphatic carbocycles. The predicted molar refractivity (Wildman–Crippen MR) is 64.1 cm³/mol. The van der Waals surface area contributed by atoms with Crippen LogP contribution in [-0.2, 0) is 11.3 Å². The van der Waals surface area contributed by atoms with Crippen molar-refractivity contribution < 1.29 is 28.8 Å². The molecule has 0 aromatic carbocycles. The number of aliphatic carboxylic acids is 1. The molecule has 1 fully saturated rings. The van der Waals surface area contributed by atoms with Gasteiger partial charge in [0.2, 0.25) is 0 Å². The van der Waals surface area contributed by atoms with E-state index >= 15 is 0 Å². The van der Waals surface area contributed by atoms with Crippen LogP contribution in [0.5, 0.6) is 0 Å². The first kappa shape index (κ1) is 15.3. The van der Waals surface area contributed by atoms with Crippen LogP contribution in [0.25, 0.3) is 0 Å². The summed E-state index contributed by atoms with van der Waals surface area (Å²) < 4.78 is 0. The van der Waals surface area contributed by atoms with Crippen LogP contribution in [0.2, 0.25) is 0 Å². The van der Waals surface area contributed by atoms with Gasteiger partial charge in [0.25, 0.3) is 0 Å². The van der Waals surface area contributed by atoms with Crippen LogP contribution in [0.1, 0.15) is 17.7 Å². The monoisotopic (exact) mass is 259 g/mol. The first-order chi connectivity index (χ1) is 8.13. The SMILES string of the molecule is Nc1ncc(CN2CCC(=CC(=O)[O-])CC2)s1.[Li+]. The number of carboxylic acids is 1. The predicted octanol–water partition coefficient (Wildman–Crippen LogP) is -3.00. The Kier molecular flexibility index (Phi) is 5.89. The second-order valence-corrected chi connectivity index (χ2v) is 5.21. The molecule has 1 aromatic heterocycles. The fourth-order valence-electron chi connectivity index (χ4n) is 1.93. The summed E-state index contributed by atoms with van der Waals surface area (Å²) in [6.45, 7) is 2.58. The summed E-state index contributed by atoms with van der Waals surface area (Å²) in [5.41, 5.74) is 6.53. The topological polar surface area (TPSA) is 82.3 Å². The van der Waals surface area contributed by atoms with Crippen molar-refractivity contribution in [3.05, 3.63) is 22.7 Å². The molecule has 1 aliphatic rings. The van der Waals surface area contributed by atoms with E-state index in [1.807, 2.05) is 0 Å². The quantitative estimate of drug-likeness (QED) is 0.462. The number of nitrogens with zero attached hydrogens (tertiary/aromatic N) is 2. The normalized spacial score (nSPS) is 16.1. The number of rotatable bonds is 3. The minimum Gasteiger partial charge on any atom is -0.545 e. The van der Waals surface area contributed by atoms with Gasteiger partial charge in [0.05, 0.1) is 5.97 Å². The first-order valence-electron chi connectivity index (χ1n) is 5.46. The number of aromatic nitrogens is 1. The van der Waals surface area contributed by atoms with Crippen molar-refractivity contribution >= 4 is 22.4 Å². The molecule has 5 nitrogen and oxygen atoms in total. The van der Waals surface area contributed by atoms with Gasteiger partial charge in [-0.15, -0.1) is 11.3 Å². The van der Waals surface area contributed by atoms with E-state index in [0.29, 0.717) is 5.13 Å². The molecule has 7 heteroatoms. The van der Waals surface area contributed by atoms with Crippen molar-refractivity contribution in [2.45, 2.75) is 19.4 Å². The number of thiazole rings is 1. The van der Waals surface area contributed by atoms with Crippen molar-refractivity contribution in [2.75, 3.05) is 18.8 Å². The third kappa shape index (κ3) is 4.46. The van der Waals surface area contributed by atoms with Gasteiger partial charge >= 0.3 is 18.9 Å². The van der Waals surface area contributed by atoms with Crippen molar-refractivity contribution in [3.63, 3.8) is 0 Å². The fourth-order valence-corrected chi connectivity index (χ4v) is 2.65. The van der Waals surface area contributed by atoms with E-state index in [0.717, 1.165) is 42.9 Å². The third-order valence-corrected chi connectivity index (χ3v) is 3.58. The number of hydrogen-bond donors (Lipinski definition) is 1. The summed E-state index contributed by atoms with van der Waals surface area (Å²) in [6, 6.07) is 0. The van der Waals surface area contributed by atoms with E-state index in [9.17, 15) is 9.90 Å². The number of likely N-dealkylation sites (tertiary alicyclic amines) is 1. The number of carboxylic acid groups (broad SMARTS) is 1. The van der Waals surface area contributed by atoms with Crippen LogP contribution in [0.4, 0.5) is 5.13 Å². The Balaban J connectivity index is 0.00000162. The van der Waals surface area contributed by atoms with Crippen molar-refractivity contribution in [1.82, 2.24) is 9.88 Å². The molecular weight excluding hydrogens is 245 g/mol. The van der Waals surface area contributed by atoms with Gasteiger partial charge in [-0.05, 0) is 18.9 Å². The zero-order chi connectivity index (χ0) is 12.3. The Morgan fingerprint density at radius 1 is 1.56 bits per heavy atom. The maximum Gasteiger partial charge on any atom is 1.00 e. The van der Waals surface area contributed by atoms with Crippen LogP contribution >= 0.6 is 11.3 Å². The molecule has 1 saturated heterocycles. The van der Waals surface area contributed by atoms with Gasteiger partial charge in [-0.25, -0.2) is 4.98 Å². The van der Waals surface area contributed by atoms with E-state index in [4.69, 9.17) is 5.73 Å². The minimum absolute atomic E-state index is 0. The third-order valence-electron chi connectivity index (χ3n) is 2.77. The van der Waals surface area contributed by atoms with Gasteiger partial charge in [-0.1, -0.05) is 5.57 Å². The number of nitrogens with two attached hydrogens (primary N) is 1. The molecule has 2 N–H and O–H groups in total. The van der Waals surface area contributed by atoms with E-state index in [1.165, 1.54) is 17.4 Å². The summed E-state index contributed by atoms with van der Waals surface area (Å²) in [7, 11) is 0. The van der Waals surface area contributed by atoms with E-state index in [1.54, 1.807) is 6.20 Å². The summed E-state index contributed by atoms with van der Waals surface area (Å²) in [4.78, 5) is 17.9. The number of hydrogen-bond acceptors (Lipinski definition) is 6. The van der Waals surface area contributed by atoms with Gasteiger partial charge in [-0.3, -0.25) is 4.90 Å². The Hall–Kier alpha value is -0.803. The number of nitrogen functional groups attached to an aromatic ring is 1. The fraction of sp³-hybridized carbons (Fsp3) is 0.455. The van der Waals surface area contributed by atoms with Crippen molar-refractivity contribution in [3.8, 4) is 0 Å². The van der Waals surface area contributed by atoms with Crippen LogP contribution in [-0.4, -0.2) is 28.9 Å². The van der Waals surface area contributed by atoms with Gasteiger partial charge in [-0.2, -0.15) is 0 Å². The summed E-state index contributed by atoms with van der Waals surface area (Å²) in [5, 5.41) is 11.0. The maximum atomic E-state index is 10.4. The molecule has 0 amide bonds. The van der Waals surface area contributed by atoms with Crippen molar-refractivity contribution in [1.29, 1.82) is 0 Å². The number of piperidine rings is 1. The molecule has 0 unspecified atom stereocenters. The average molecular weight is 259 g/mol. The Morgan fingerprint density at radius 3 is 2.72 bits per heavy atom. The van der Waals surface area contributed by atoms with E-state index in [-0.39, 0.29) is 18.9 Å². The second-order valence-electron chi connectivity index (χ2n) is 4.06. The summed E-state index contributed by atoms with van der Waals surface area (Å²) in [5.74, 6) is -1.09. The van der Waals surface area contributed by atoms with Crippen molar-refractivity contribution in [2.24, 2.45) is 0 Å². The molecule has 1 aromatic rings. The summed E-state index contributed by atoms with van der Waals surface area (Å²) >= 11 is 1.50.